The van der Waals surface area contributed by atoms with Gasteiger partial charge in [0.2, 0.25) is 0 Å². The molecule has 1 aromatic carbocycles. The normalized spacial score (nSPS) is 11.8. The number of halogens is 1. The Bertz CT molecular complexity index is 512. The van der Waals surface area contributed by atoms with Gasteiger partial charge < -0.3 is 5.73 Å². The Kier molecular flexibility index (Phi) is 3.22. The van der Waals surface area contributed by atoms with Crippen LogP contribution in [0.1, 0.15) is 11.9 Å². The maximum Gasteiger partial charge on any atom is 0.173 e. The second-order valence-electron chi connectivity index (χ2n) is 3.35. The first kappa shape index (κ1) is 11.1. The van der Waals surface area contributed by atoms with Crippen molar-refractivity contribution < 1.29 is 0 Å². The van der Waals surface area contributed by atoms with Gasteiger partial charge in [0.15, 0.2) is 5.82 Å². The Labute approximate surface area is 103 Å². The quantitative estimate of drug-likeness (QED) is 0.892. The number of hydrogen-bond donors (Lipinski definition) is 1. The third-order valence-corrected chi connectivity index (χ3v) is 2.81. The van der Waals surface area contributed by atoms with E-state index in [1.54, 1.807) is 6.08 Å². The second-order valence-corrected chi connectivity index (χ2v) is 4.57. The van der Waals surface area contributed by atoms with Crippen molar-refractivity contribution in [3.63, 3.8) is 0 Å². The zero-order valence-electron chi connectivity index (χ0n) is 8.64. The molecule has 0 amide bonds. The molecule has 16 heavy (non-hydrogen) atoms. The molecule has 2 N–H and O–H groups in total. The summed E-state index contributed by atoms with van der Waals surface area (Å²) >= 11 is 7.14. The van der Waals surface area contributed by atoms with Crippen molar-refractivity contribution in [2.45, 2.75) is 6.92 Å². The van der Waals surface area contributed by atoms with E-state index in [9.17, 15) is 0 Å². The van der Waals surface area contributed by atoms with Crippen LogP contribution in [-0.2, 0) is 0 Å². The zero-order valence-corrected chi connectivity index (χ0v) is 10.2. The van der Waals surface area contributed by atoms with E-state index in [0.29, 0.717) is 10.8 Å². The molecule has 3 nitrogen and oxygen atoms in total. The number of nitrogens with zero attached hydrogens (tertiary/aromatic N) is 2. The fraction of sp³-hybridized carbons (Fsp3) is 0.0909. The summed E-state index contributed by atoms with van der Waals surface area (Å²) < 4.78 is 4.26. The first-order chi connectivity index (χ1) is 7.65. The van der Waals surface area contributed by atoms with Gasteiger partial charge in [-0.25, -0.2) is 4.98 Å². The highest BCUT2D eigenvalue weighted by atomic mass is 35.5. The fourth-order valence-electron chi connectivity index (χ4n) is 1.20. The van der Waals surface area contributed by atoms with Gasteiger partial charge in [-0.3, -0.25) is 0 Å². The van der Waals surface area contributed by atoms with Gasteiger partial charge in [-0.15, -0.1) is 0 Å². The molecule has 0 bridgehead atoms. The molecule has 1 heterocycles. The van der Waals surface area contributed by atoms with E-state index in [2.05, 4.69) is 9.36 Å². The molecule has 0 unspecified atom stereocenters. The minimum absolute atomic E-state index is 0.703. The van der Waals surface area contributed by atoms with E-state index >= 15 is 0 Å². The molecule has 2 rings (SSSR count). The molecule has 0 saturated carbocycles. The maximum atomic E-state index is 5.81. The summed E-state index contributed by atoms with van der Waals surface area (Å²) in [6.45, 7) is 1.82. The van der Waals surface area contributed by atoms with Crippen LogP contribution in [0.25, 0.3) is 17.5 Å². The monoisotopic (exact) mass is 251 g/mol. The molecular formula is C11H10ClN3S. The molecule has 0 atom stereocenters. The van der Waals surface area contributed by atoms with E-state index in [0.717, 1.165) is 16.3 Å². The number of hydrogen-bond acceptors (Lipinski definition) is 4. The largest absolute Gasteiger partial charge is 0.402 e. The molecule has 0 saturated heterocycles. The fourth-order valence-corrected chi connectivity index (χ4v) is 2.02. The van der Waals surface area contributed by atoms with Crippen LogP contribution in [0.3, 0.4) is 0 Å². The number of aromatic nitrogens is 2. The van der Waals surface area contributed by atoms with E-state index in [1.807, 2.05) is 31.2 Å². The molecule has 1 aromatic heterocycles. The van der Waals surface area contributed by atoms with Crippen molar-refractivity contribution in [2.24, 2.45) is 5.73 Å². The summed E-state index contributed by atoms with van der Waals surface area (Å²) in [4.78, 5) is 4.36. The average molecular weight is 252 g/mol. The smallest absolute Gasteiger partial charge is 0.173 e. The van der Waals surface area contributed by atoms with Crippen LogP contribution in [0, 0.1) is 0 Å². The van der Waals surface area contributed by atoms with Crippen LogP contribution in [0.15, 0.2) is 30.0 Å². The average Bonchev–Trinajstić information content (AvgIpc) is 2.66. The molecule has 5 heteroatoms. The first-order valence-electron chi connectivity index (χ1n) is 4.68. The summed E-state index contributed by atoms with van der Waals surface area (Å²) in [6, 6.07) is 7.43. The Hall–Kier alpha value is -1.39. The highest BCUT2D eigenvalue weighted by molar-refractivity contribution is 7.06. The van der Waals surface area contributed by atoms with E-state index in [1.165, 1.54) is 11.5 Å². The van der Waals surface area contributed by atoms with E-state index in [-0.39, 0.29) is 0 Å². The molecule has 2 aromatic rings. The number of allylic oxidation sites excluding steroid dienone is 1. The Morgan fingerprint density at radius 3 is 2.69 bits per heavy atom. The second kappa shape index (κ2) is 4.63. The minimum atomic E-state index is 0.703. The van der Waals surface area contributed by atoms with Crippen LogP contribution < -0.4 is 5.73 Å². The number of nitrogens with two attached hydrogens (primary N) is 1. The number of rotatable bonds is 2. The molecule has 0 aliphatic carbocycles. The van der Waals surface area contributed by atoms with E-state index < -0.39 is 0 Å². The van der Waals surface area contributed by atoms with Crippen LogP contribution in [0.5, 0.6) is 0 Å². The standard InChI is InChI=1S/C11H10ClN3S/c1-7(13)6-10-14-11(15-16-10)8-2-4-9(12)5-3-8/h2-6H,13H2,1H3/b7-6-. The Morgan fingerprint density at radius 2 is 2.06 bits per heavy atom. The lowest BCUT2D eigenvalue weighted by molar-refractivity contribution is 1.29. The number of benzene rings is 1. The van der Waals surface area contributed by atoms with Gasteiger partial charge in [-0.1, -0.05) is 11.6 Å². The maximum absolute atomic E-state index is 5.81. The molecule has 0 aliphatic rings. The van der Waals surface area contributed by atoms with Gasteiger partial charge in [0, 0.05) is 16.3 Å². The first-order valence-corrected chi connectivity index (χ1v) is 5.84. The molecule has 82 valence electrons. The lowest BCUT2D eigenvalue weighted by atomic mass is 10.2. The third kappa shape index (κ3) is 2.59. The highest BCUT2D eigenvalue weighted by Gasteiger charge is 2.04. The van der Waals surface area contributed by atoms with Crippen molar-refractivity contribution in [1.82, 2.24) is 9.36 Å². The molecule has 0 spiro atoms. The van der Waals surface area contributed by atoms with Gasteiger partial charge in [0.05, 0.1) is 0 Å². The summed E-state index contributed by atoms with van der Waals surface area (Å²) in [5.74, 6) is 0.703. The lowest BCUT2D eigenvalue weighted by Crippen LogP contribution is -1.89. The summed E-state index contributed by atoms with van der Waals surface area (Å²) in [6.07, 6.45) is 1.80. The molecular weight excluding hydrogens is 242 g/mol. The van der Waals surface area contributed by atoms with Gasteiger partial charge >= 0.3 is 0 Å². The summed E-state index contributed by atoms with van der Waals surface area (Å²) in [7, 11) is 0. The van der Waals surface area contributed by atoms with Gasteiger partial charge in [0.1, 0.15) is 5.01 Å². The summed E-state index contributed by atoms with van der Waals surface area (Å²) in [5, 5.41) is 1.52. The Morgan fingerprint density at radius 1 is 1.38 bits per heavy atom. The molecule has 0 radical (unpaired) electrons. The van der Waals surface area contributed by atoms with Crippen LogP contribution in [-0.4, -0.2) is 9.36 Å². The van der Waals surface area contributed by atoms with Crippen molar-refractivity contribution in [2.75, 3.05) is 0 Å². The van der Waals surface area contributed by atoms with Gasteiger partial charge in [0.25, 0.3) is 0 Å². The van der Waals surface area contributed by atoms with Crippen LogP contribution >= 0.6 is 23.1 Å². The molecule has 0 fully saturated rings. The van der Waals surface area contributed by atoms with Crippen LogP contribution in [0.2, 0.25) is 5.02 Å². The highest BCUT2D eigenvalue weighted by Crippen LogP contribution is 2.21. The van der Waals surface area contributed by atoms with Gasteiger partial charge in [-0.2, -0.15) is 4.37 Å². The topological polar surface area (TPSA) is 51.8 Å². The Balaban J connectivity index is 2.31. The minimum Gasteiger partial charge on any atom is -0.402 e. The van der Waals surface area contributed by atoms with E-state index in [4.69, 9.17) is 17.3 Å². The van der Waals surface area contributed by atoms with Gasteiger partial charge in [-0.05, 0) is 48.8 Å². The van der Waals surface area contributed by atoms with Crippen molar-refractivity contribution in [3.05, 3.63) is 40.0 Å². The van der Waals surface area contributed by atoms with Crippen molar-refractivity contribution in [3.8, 4) is 11.4 Å². The summed E-state index contributed by atoms with van der Waals surface area (Å²) in [5.41, 5.74) is 7.25. The third-order valence-electron chi connectivity index (χ3n) is 1.90. The SMILES string of the molecule is C/C(N)=C/c1nc(-c2ccc(Cl)cc2)ns1. The van der Waals surface area contributed by atoms with Crippen molar-refractivity contribution >= 4 is 29.2 Å². The molecule has 0 aliphatic heterocycles. The predicted octanol–water partition coefficient (Wildman–Crippen LogP) is 3.18. The van der Waals surface area contributed by atoms with Crippen molar-refractivity contribution in [1.29, 1.82) is 0 Å². The lowest BCUT2D eigenvalue weighted by Gasteiger charge is -1.94. The van der Waals surface area contributed by atoms with Crippen LogP contribution in [0.4, 0.5) is 0 Å². The zero-order chi connectivity index (χ0) is 11.5. The predicted molar refractivity (Wildman–Crippen MR) is 68.2 cm³/mol.